The summed E-state index contributed by atoms with van der Waals surface area (Å²) < 4.78 is 0. The Kier molecular flexibility index (Phi) is 2.69. The van der Waals surface area contributed by atoms with Gasteiger partial charge in [-0.2, -0.15) is 0 Å². The Morgan fingerprint density at radius 1 is 1.38 bits per heavy atom. The molecule has 68 valence electrons. The van der Waals surface area contributed by atoms with E-state index in [1.165, 1.54) is 10.6 Å². The number of benzene rings is 1. The van der Waals surface area contributed by atoms with E-state index in [4.69, 9.17) is 0 Å². The van der Waals surface area contributed by atoms with Crippen LogP contribution in [0.5, 0.6) is 0 Å². The maximum absolute atomic E-state index is 4.56. The first-order valence-corrected chi connectivity index (χ1v) is 5.63. The molecule has 0 spiro atoms. The van der Waals surface area contributed by atoms with E-state index in [0.29, 0.717) is 6.04 Å². The molecular weight excluding hydrogens is 178 g/mol. The van der Waals surface area contributed by atoms with Gasteiger partial charge in [0.25, 0.3) is 0 Å². The average molecular weight is 191 g/mol. The average Bonchev–Trinajstić information content (AvgIpc) is 2.12. The van der Waals surface area contributed by atoms with Gasteiger partial charge in [0.05, 0.1) is 11.1 Å². The van der Waals surface area contributed by atoms with Gasteiger partial charge >= 0.3 is 0 Å². The molecule has 13 heavy (non-hydrogen) atoms. The zero-order chi connectivity index (χ0) is 9.10. The van der Waals surface area contributed by atoms with Gasteiger partial charge in [-0.3, -0.25) is 4.99 Å². The van der Waals surface area contributed by atoms with Gasteiger partial charge in [0.15, 0.2) is 0 Å². The Hall–Kier alpha value is -0.760. The molecule has 0 bridgehead atoms. The fourth-order valence-electron chi connectivity index (χ4n) is 1.46. The van der Waals surface area contributed by atoms with E-state index >= 15 is 0 Å². The molecule has 2 heteroatoms. The Bertz CT molecular complexity index is 305. The lowest BCUT2D eigenvalue weighted by molar-refractivity contribution is 0.710. The molecule has 2 rings (SSSR count). The van der Waals surface area contributed by atoms with E-state index < -0.39 is 0 Å². The van der Waals surface area contributed by atoms with Gasteiger partial charge in [0, 0.05) is 6.42 Å². The minimum absolute atomic E-state index is 0.440. The Labute approximate surface area is 83.3 Å². The van der Waals surface area contributed by atoms with Crippen molar-refractivity contribution >= 4 is 16.8 Å². The van der Waals surface area contributed by atoms with Gasteiger partial charge in [-0.15, -0.1) is 11.8 Å². The molecule has 0 radical (unpaired) electrons. The summed E-state index contributed by atoms with van der Waals surface area (Å²) in [6.45, 7) is 2.17. The number of hydrogen-bond acceptors (Lipinski definition) is 2. The highest BCUT2D eigenvalue weighted by Crippen LogP contribution is 2.33. The molecule has 0 N–H and O–H groups in total. The first kappa shape index (κ1) is 8.82. The standard InChI is InChI=1S/C11H13NS/c1-2-13-11-8-10(12-11)9-6-4-3-5-7-9/h3-7,10H,2,8H2,1H3/t10-/m1/s1. The molecule has 1 aromatic carbocycles. The third kappa shape index (κ3) is 1.94. The minimum atomic E-state index is 0.440. The van der Waals surface area contributed by atoms with Gasteiger partial charge in [-0.05, 0) is 11.3 Å². The molecule has 0 aliphatic carbocycles. The van der Waals surface area contributed by atoms with Crippen LogP contribution in [-0.2, 0) is 0 Å². The topological polar surface area (TPSA) is 12.4 Å². The molecule has 0 fully saturated rings. The highest BCUT2D eigenvalue weighted by Gasteiger charge is 2.21. The monoisotopic (exact) mass is 191 g/mol. The van der Waals surface area contributed by atoms with Crippen LogP contribution < -0.4 is 0 Å². The molecule has 1 nitrogen and oxygen atoms in total. The number of hydrogen-bond donors (Lipinski definition) is 0. The molecule has 0 aromatic heterocycles. The van der Waals surface area contributed by atoms with Gasteiger partial charge in [-0.1, -0.05) is 37.3 Å². The van der Waals surface area contributed by atoms with Gasteiger partial charge in [0.1, 0.15) is 0 Å². The molecule has 1 aliphatic rings. The lowest BCUT2D eigenvalue weighted by Gasteiger charge is -2.23. The molecule has 1 heterocycles. The third-order valence-electron chi connectivity index (χ3n) is 2.16. The van der Waals surface area contributed by atoms with Crippen LogP contribution in [0.4, 0.5) is 0 Å². The van der Waals surface area contributed by atoms with Crippen molar-refractivity contribution in [2.24, 2.45) is 4.99 Å². The maximum atomic E-state index is 4.56. The van der Waals surface area contributed by atoms with Crippen molar-refractivity contribution in [1.29, 1.82) is 0 Å². The van der Waals surface area contributed by atoms with Crippen LogP contribution in [-0.4, -0.2) is 10.8 Å². The largest absolute Gasteiger partial charge is 0.274 e. The molecule has 1 atom stereocenters. The molecule has 1 aliphatic heterocycles. The van der Waals surface area contributed by atoms with Crippen LogP contribution in [0.3, 0.4) is 0 Å². The van der Waals surface area contributed by atoms with E-state index in [1.54, 1.807) is 0 Å². The molecule has 0 saturated carbocycles. The van der Waals surface area contributed by atoms with Gasteiger partial charge in [0.2, 0.25) is 0 Å². The first-order valence-electron chi connectivity index (χ1n) is 4.64. The molecular formula is C11H13NS. The zero-order valence-corrected chi connectivity index (χ0v) is 8.55. The summed E-state index contributed by atoms with van der Waals surface area (Å²) in [7, 11) is 0. The number of aliphatic imine (C=N–C) groups is 1. The summed E-state index contributed by atoms with van der Waals surface area (Å²) in [5.41, 5.74) is 1.35. The summed E-state index contributed by atoms with van der Waals surface area (Å²) in [5, 5.41) is 1.32. The van der Waals surface area contributed by atoms with E-state index in [9.17, 15) is 0 Å². The predicted molar refractivity (Wildman–Crippen MR) is 59.4 cm³/mol. The summed E-state index contributed by atoms with van der Waals surface area (Å²) in [5.74, 6) is 1.14. The van der Waals surface area contributed by atoms with Gasteiger partial charge < -0.3 is 0 Å². The Morgan fingerprint density at radius 3 is 2.69 bits per heavy atom. The minimum Gasteiger partial charge on any atom is -0.274 e. The Morgan fingerprint density at radius 2 is 2.08 bits per heavy atom. The molecule has 1 aromatic rings. The fraction of sp³-hybridized carbons (Fsp3) is 0.364. The summed E-state index contributed by atoms with van der Waals surface area (Å²) >= 11 is 1.87. The van der Waals surface area contributed by atoms with Crippen molar-refractivity contribution in [2.75, 3.05) is 5.75 Å². The lowest BCUT2D eigenvalue weighted by Crippen LogP contribution is -2.14. The quantitative estimate of drug-likeness (QED) is 0.698. The summed E-state index contributed by atoms with van der Waals surface area (Å²) in [6.07, 6.45) is 1.14. The Balaban J connectivity index is 2.01. The second-order valence-electron chi connectivity index (χ2n) is 3.09. The van der Waals surface area contributed by atoms with Crippen LogP contribution in [0.1, 0.15) is 24.9 Å². The molecule has 0 unspecified atom stereocenters. The highest BCUT2D eigenvalue weighted by atomic mass is 32.2. The van der Waals surface area contributed by atoms with E-state index in [0.717, 1.165) is 12.2 Å². The zero-order valence-electron chi connectivity index (χ0n) is 7.73. The van der Waals surface area contributed by atoms with Crippen molar-refractivity contribution in [3.63, 3.8) is 0 Å². The van der Waals surface area contributed by atoms with Crippen molar-refractivity contribution in [1.82, 2.24) is 0 Å². The van der Waals surface area contributed by atoms with Gasteiger partial charge in [-0.25, -0.2) is 0 Å². The number of rotatable bonds is 2. The predicted octanol–water partition coefficient (Wildman–Crippen LogP) is 3.28. The van der Waals surface area contributed by atoms with Crippen LogP contribution in [0.25, 0.3) is 0 Å². The van der Waals surface area contributed by atoms with Crippen molar-refractivity contribution in [2.45, 2.75) is 19.4 Å². The van der Waals surface area contributed by atoms with Crippen LogP contribution in [0, 0.1) is 0 Å². The first-order chi connectivity index (χ1) is 6.40. The smallest absolute Gasteiger partial charge is 0.0818 e. The van der Waals surface area contributed by atoms with E-state index in [1.807, 2.05) is 17.8 Å². The van der Waals surface area contributed by atoms with Crippen molar-refractivity contribution < 1.29 is 0 Å². The van der Waals surface area contributed by atoms with Crippen LogP contribution >= 0.6 is 11.8 Å². The number of thioether (sulfide) groups is 1. The molecule has 0 saturated heterocycles. The normalized spacial score (nSPS) is 20.7. The van der Waals surface area contributed by atoms with Crippen molar-refractivity contribution in [3.8, 4) is 0 Å². The highest BCUT2D eigenvalue weighted by molar-refractivity contribution is 8.14. The lowest BCUT2D eigenvalue weighted by atomic mass is 10.0. The second-order valence-corrected chi connectivity index (χ2v) is 4.42. The SMILES string of the molecule is CCSC1=N[C@@H](c2ccccc2)C1. The fourth-order valence-corrected chi connectivity index (χ4v) is 2.27. The summed E-state index contributed by atoms with van der Waals surface area (Å²) in [6, 6.07) is 11.0. The molecule has 0 amide bonds. The third-order valence-corrected chi connectivity index (χ3v) is 3.06. The van der Waals surface area contributed by atoms with Crippen molar-refractivity contribution in [3.05, 3.63) is 35.9 Å². The van der Waals surface area contributed by atoms with Crippen LogP contribution in [0.2, 0.25) is 0 Å². The number of nitrogens with zero attached hydrogens (tertiary/aromatic N) is 1. The maximum Gasteiger partial charge on any atom is 0.0818 e. The van der Waals surface area contributed by atoms with Crippen LogP contribution in [0.15, 0.2) is 35.3 Å². The van der Waals surface area contributed by atoms with E-state index in [-0.39, 0.29) is 0 Å². The summed E-state index contributed by atoms with van der Waals surface area (Å²) in [4.78, 5) is 4.56. The van der Waals surface area contributed by atoms with E-state index in [2.05, 4.69) is 36.2 Å². The second kappa shape index (κ2) is 3.97.